The molecule has 0 bridgehead atoms. The van der Waals surface area contributed by atoms with Crippen LogP contribution in [0.4, 0.5) is 0 Å². The molecule has 1 rings (SSSR count). The van der Waals surface area contributed by atoms with Crippen molar-refractivity contribution >= 4 is 11.9 Å². The molecule has 0 fully saturated rings. The number of carbonyl (C=O) groups excluding carboxylic acids is 1. The first-order valence-corrected chi connectivity index (χ1v) is 4.26. The van der Waals surface area contributed by atoms with Gasteiger partial charge in [0.15, 0.2) is 0 Å². The Hall–Kier alpha value is -2.17. The van der Waals surface area contributed by atoms with E-state index in [1.165, 1.54) is 0 Å². The van der Waals surface area contributed by atoms with Gasteiger partial charge in [0.25, 0.3) is 0 Å². The second-order valence-corrected chi connectivity index (χ2v) is 2.75. The lowest BCUT2D eigenvalue weighted by Crippen LogP contribution is -2.20. The van der Waals surface area contributed by atoms with Gasteiger partial charge in [-0.15, -0.1) is 0 Å². The Bertz CT molecular complexity index is 374. The van der Waals surface area contributed by atoms with E-state index in [0.29, 0.717) is 6.54 Å². The minimum absolute atomic E-state index is 0.330. The number of aliphatic carboxylic acids is 1. The topological polar surface area (TPSA) is 79.3 Å². The minimum Gasteiger partial charge on any atom is -0.478 e. The number of carboxylic acid groups (broad SMARTS) is 1. The standard InChI is InChI=1S/C10H10N2O3/c13-9(3-4-10(14)15)12-7-8-2-1-5-11-6-8/h1-6H,7H2,(H,12,13)(H,14,15)/b4-3+. The van der Waals surface area contributed by atoms with Crippen molar-refractivity contribution in [2.75, 3.05) is 0 Å². The van der Waals surface area contributed by atoms with Crippen molar-refractivity contribution in [1.29, 1.82) is 0 Å². The number of hydrogen-bond acceptors (Lipinski definition) is 3. The van der Waals surface area contributed by atoms with Gasteiger partial charge in [-0.2, -0.15) is 0 Å². The summed E-state index contributed by atoms with van der Waals surface area (Å²) in [6.45, 7) is 0.330. The van der Waals surface area contributed by atoms with Gasteiger partial charge in [0.05, 0.1) is 0 Å². The van der Waals surface area contributed by atoms with Crippen LogP contribution >= 0.6 is 0 Å². The number of carboxylic acids is 1. The van der Waals surface area contributed by atoms with E-state index < -0.39 is 11.9 Å². The highest BCUT2D eigenvalue weighted by molar-refractivity contribution is 5.93. The molecular weight excluding hydrogens is 196 g/mol. The molecule has 0 atom stereocenters. The largest absolute Gasteiger partial charge is 0.478 e. The summed E-state index contributed by atoms with van der Waals surface area (Å²) in [7, 11) is 0. The maximum absolute atomic E-state index is 11.0. The van der Waals surface area contributed by atoms with Crippen LogP contribution in [-0.2, 0) is 16.1 Å². The normalized spacial score (nSPS) is 10.1. The molecule has 1 heterocycles. The molecule has 1 aromatic heterocycles. The van der Waals surface area contributed by atoms with E-state index in [4.69, 9.17) is 5.11 Å². The average molecular weight is 206 g/mol. The molecule has 1 amide bonds. The predicted molar refractivity (Wildman–Crippen MR) is 52.9 cm³/mol. The highest BCUT2D eigenvalue weighted by Crippen LogP contribution is 1.93. The number of pyridine rings is 1. The van der Waals surface area contributed by atoms with E-state index in [-0.39, 0.29) is 0 Å². The lowest BCUT2D eigenvalue weighted by molar-refractivity contribution is -0.131. The molecule has 78 valence electrons. The zero-order valence-electron chi connectivity index (χ0n) is 7.88. The summed E-state index contributed by atoms with van der Waals surface area (Å²) in [5, 5.41) is 10.8. The van der Waals surface area contributed by atoms with E-state index >= 15 is 0 Å². The Morgan fingerprint density at radius 1 is 1.47 bits per heavy atom. The summed E-state index contributed by atoms with van der Waals surface area (Å²) < 4.78 is 0. The SMILES string of the molecule is O=C(O)/C=C/C(=O)NCc1cccnc1. The molecule has 0 saturated heterocycles. The van der Waals surface area contributed by atoms with Gasteiger partial charge < -0.3 is 10.4 Å². The van der Waals surface area contributed by atoms with Gasteiger partial charge in [0.2, 0.25) is 5.91 Å². The van der Waals surface area contributed by atoms with Crippen molar-refractivity contribution in [2.45, 2.75) is 6.54 Å². The van der Waals surface area contributed by atoms with Gasteiger partial charge in [0, 0.05) is 31.1 Å². The van der Waals surface area contributed by atoms with E-state index in [1.807, 2.05) is 6.07 Å². The zero-order valence-corrected chi connectivity index (χ0v) is 7.88. The first-order valence-electron chi connectivity index (χ1n) is 4.26. The van der Waals surface area contributed by atoms with Gasteiger partial charge in [-0.1, -0.05) is 6.07 Å². The van der Waals surface area contributed by atoms with Crippen LogP contribution in [0.5, 0.6) is 0 Å². The van der Waals surface area contributed by atoms with Crippen molar-refractivity contribution < 1.29 is 14.7 Å². The van der Waals surface area contributed by atoms with Crippen molar-refractivity contribution in [3.63, 3.8) is 0 Å². The summed E-state index contributed by atoms with van der Waals surface area (Å²) in [5.41, 5.74) is 0.856. The molecule has 15 heavy (non-hydrogen) atoms. The maximum atomic E-state index is 11.0. The fraction of sp³-hybridized carbons (Fsp3) is 0.100. The third kappa shape index (κ3) is 4.56. The summed E-state index contributed by atoms with van der Waals surface area (Å²) in [4.78, 5) is 25.0. The van der Waals surface area contributed by atoms with Gasteiger partial charge >= 0.3 is 5.97 Å². The summed E-state index contributed by atoms with van der Waals surface area (Å²) in [6, 6.07) is 3.57. The fourth-order valence-electron chi connectivity index (χ4n) is 0.898. The summed E-state index contributed by atoms with van der Waals surface area (Å²) in [6.07, 6.45) is 5.02. The molecule has 0 unspecified atom stereocenters. The molecular formula is C10H10N2O3. The number of carbonyl (C=O) groups is 2. The van der Waals surface area contributed by atoms with Crippen LogP contribution in [-0.4, -0.2) is 22.0 Å². The molecule has 0 aliphatic heterocycles. The Morgan fingerprint density at radius 3 is 2.87 bits per heavy atom. The quantitative estimate of drug-likeness (QED) is 0.696. The molecule has 0 spiro atoms. The van der Waals surface area contributed by atoms with Crippen LogP contribution in [0.25, 0.3) is 0 Å². The number of nitrogens with one attached hydrogen (secondary N) is 1. The Kier molecular flexibility index (Phi) is 4.03. The van der Waals surface area contributed by atoms with Gasteiger partial charge in [0.1, 0.15) is 0 Å². The van der Waals surface area contributed by atoms with Crippen LogP contribution in [0, 0.1) is 0 Å². The second kappa shape index (κ2) is 5.54. The molecule has 0 saturated carbocycles. The van der Waals surface area contributed by atoms with Crippen molar-refractivity contribution in [3.8, 4) is 0 Å². The Morgan fingerprint density at radius 2 is 2.27 bits per heavy atom. The number of hydrogen-bond donors (Lipinski definition) is 2. The molecule has 5 heteroatoms. The molecule has 5 nitrogen and oxygen atoms in total. The Labute approximate surface area is 86.5 Å². The molecule has 0 radical (unpaired) electrons. The van der Waals surface area contributed by atoms with E-state index in [1.54, 1.807) is 18.5 Å². The molecule has 0 aliphatic rings. The first kappa shape index (κ1) is 10.9. The predicted octanol–water partition coefficient (Wildman–Crippen LogP) is 0.339. The van der Waals surface area contributed by atoms with Crippen LogP contribution < -0.4 is 5.32 Å². The summed E-state index contributed by atoms with van der Waals surface area (Å²) >= 11 is 0. The molecule has 0 aromatic carbocycles. The zero-order chi connectivity index (χ0) is 11.1. The van der Waals surface area contributed by atoms with Gasteiger partial charge in [-0.25, -0.2) is 4.79 Å². The highest BCUT2D eigenvalue weighted by atomic mass is 16.4. The van der Waals surface area contributed by atoms with E-state index in [9.17, 15) is 9.59 Å². The minimum atomic E-state index is -1.15. The fourth-order valence-corrected chi connectivity index (χ4v) is 0.898. The van der Waals surface area contributed by atoms with Crippen molar-refractivity contribution in [1.82, 2.24) is 10.3 Å². The molecule has 0 aliphatic carbocycles. The van der Waals surface area contributed by atoms with Gasteiger partial charge in [-0.05, 0) is 11.6 Å². The van der Waals surface area contributed by atoms with Crippen LogP contribution in [0.15, 0.2) is 36.7 Å². The van der Waals surface area contributed by atoms with Crippen molar-refractivity contribution in [2.24, 2.45) is 0 Å². The lowest BCUT2D eigenvalue weighted by Gasteiger charge is -2.00. The second-order valence-electron chi connectivity index (χ2n) is 2.75. The maximum Gasteiger partial charge on any atom is 0.328 e. The van der Waals surface area contributed by atoms with Gasteiger partial charge in [-0.3, -0.25) is 9.78 Å². The third-order valence-corrected chi connectivity index (χ3v) is 1.57. The van der Waals surface area contributed by atoms with E-state index in [2.05, 4.69) is 10.3 Å². The number of rotatable bonds is 4. The molecule has 2 N–H and O–H groups in total. The van der Waals surface area contributed by atoms with Crippen LogP contribution in [0.1, 0.15) is 5.56 Å². The monoisotopic (exact) mass is 206 g/mol. The van der Waals surface area contributed by atoms with Crippen molar-refractivity contribution in [3.05, 3.63) is 42.2 Å². The smallest absolute Gasteiger partial charge is 0.328 e. The van der Waals surface area contributed by atoms with Crippen LogP contribution in [0.2, 0.25) is 0 Å². The Balaban J connectivity index is 2.38. The number of amides is 1. The average Bonchev–Trinajstić information content (AvgIpc) is 2.25. The summed E-state index contributed by atoms with van der Waals surface area (Å²) in [5.74, 6) is -1.59. The van der Waals surface area contributed by atoms with Crippen LogP contribution in [0.3, 0.4) is 0 Å². The first-order chi connectivity index (χ1) is 7.18. The molecule has 1 aromatic rings. The third-order valence-electron chi connectivity index (χ3n) is 1.57. The lowest BCUT2D eigenvalue weighted by atomic mass is 10.3. The highest BCUT2D eigenvalue weighted by Gasteiger charge is 1.97. The number of aromatic nitrogens is 1. The number of nitrogens with zero attached hydrogens (tertiary/aromatic N) is 1. The van der Waals surface area contributed by atoms with E-state index in [0.717, 1.165) is 17.7 Å².